The molecule has 1 aromatic carbocycles. The molecule has 4 atom stereocenters. The molecular weight excluding hydrogens is 344 g/mol. The van der Waals surface area contributed by atoms with Crippen LogP contribution in [0.2, 0.25) is 0 Å². The molecule has 0 radical (unpaired) electrons. The number of aromatic amines is 1. The van der Waals surface area contributed by atoms with Crippen LogP contribution < -0.4 is 11.2 Å². The van der Waals surface area contributed by atoms with Crippen LogP contribution in [-0.4, -0.2) is 50.7 Å². The first-order valence-electron chi connectivity index (χ1n) is 7.93. The van der Waals surface area contributed by atoms with Crippen molar-refractivity contribution in [3.63, 3.8) is 0 Å². The highest BCUT2D eigenvalue weighted by molar-refractivity contribution is 5.89. The largest absolute Gasteiger partial charge is 0.459 e. The smallest absolute Gasteiger partial charge is 0.338 e. The van der Waals surface area contributed by atoms with Crippen LogP contribution in [0.15, 0.2) is 46.1 Å². The zero-order chi connectivity index (χ0) is 18.8. The first-order valence-corrected chi connectivity index (χ1v) is 7.93. The molecule has 2 heterocycles. The normalized spacial score (nSPS) is 25.2. The van der Waals surface area contributed by atoms with Crippen molar-refractivity contribution in [2.45, 2.75) is 31.5 Å². The third-order valence-electron chi connectivity index (χ3n) is 4.13. The van der Waals surface area contributed by atoms with Gasteiger partial charge in [-0.25, -0.2) is 9.59 Å². The minimum atomic E-state index is -1.43. The lowest BCUT2D eigenvalue weighted by molar-refractivity contribution is -0.0599. The number of hydrogen-bond donors (Lipinski definition) is 3. The molecule has 0 spiro atoms. The Balaban J connectivity index is 1.68. The monoisotopic (exact) mass is 362 g/mol. The zero-order valence-electron chi connectivity index (χ0n) is 13.9. The number of H-pyrrole nitrogens is 1. The summed E-state index contributed by atoms with van der Waals surface area (Å²) in [7, 11) is 0. The minimum Gasteiger partial charge on any atom is -0.459 e. The molecule has 1 fully saturated rings. The Morgan fingerprint density at radius 3 is 2.54 bits per heavy atom. The number of ether oxygens (including phenoxy) is 2. The Morgan fingerprint density at radius 1 is 1.19 bits per heavy atom. The number of rotatable bonds is 4. The van der Waals surface area contributed by atoms with Crippen molar-refractivity contribution in [1.82, 2.24) is 9.55 Å². The van der Waals surface area contributed by atoms with Gasteiger partial charge in [0.05, 0.1) is 5.56 Å². The number of carbonyl (C=O) groups excluding carboxylic acids is 1. The average Bonchev–Trinajstić information content (AvgIpc) is 2.88. The number of aromatic nitrogens is 2. The van der Waals surface area contributed by atoms with Crippen molar-refractivity contribution in [1.29, 1.82) is 0 Å². The number of esters is 1. The van der Waals surface area contributed by atoms with Gasteiger partial charge in [0, 0.05) is 12.3 Å². The fraction of sp³-hybridized carbons (Fsp3) is 0.353. The van der Waals surface area contributed by atoms with Crippen molar-refractivity contribution in [3.05, 3.63) is 68.5 Å². The van der Waals surface area contributed by atoms with Gasteiger partial charge in [-0.3, -0.25) is 14.3 Å². The number of aryl methyl sites for hydroxylation is 1. The van der Waals surface area contributed by atoms with Gasteiger partial charge >= 0.3 is 11.7 Å². The van der Waals surface area contributed by atoms with Gasteiger partial charge in [0.1, 0.15) is 24.9 Å². The summed E-state index contributed by atoms with van der Waals surface area (Å²) < 4.78 is 11.5. The fourth-order valence-corrected chi connectivity index (χ4v) is 2.66. The summed E-state index contributed by atoms with van der Waals surface area (Å²) in [5, 5.41) is 20.2. The lowest BCUT2D eigenvalue weighted by Crippen LogP contribution is -2.37. The van der Waals surface area contributed by atoms with E-state index in [0.717, 1.165) is 22.4 Å². The Hall–Kier alpha value is -2.75. The molecule has 2 aromatic rings. The van der Waals surface area contributed by atoms with Gasteiger partial charge < -0.3 is 19.7 Å². The second kappa shape index (κ2) is 7.24. The summed E-state index contributed by atoms with van der Waals surface area (Å²) >= 11 is 0. The number of nitrogens with zero attached hydrogens (tertiary/aromatic N) is 1. The molecule has 0 saturated carbocycles. The van der Waals surface area contributed by atoms with Crippen molar-refractivity contribution in [2.75, 3.05) is 6.61 Å². The summed E-state index contributed by atoms with van der Waals surface area (Å²) in [6.45, 7) is 1.58. The van der Waals surface area contributed by atoms with Crippen LogP contribution in [0.25, 0.3) is 0 Å². The van der Waals surface area contributed by atoms with E-state index in [9.17, 15) is 24.6 Å². The number of aliphatic hydroxyl groups excluding tert-OH is 2. The Kier molecular flexibility index (Phi) is 5.03. The highest BCUT2D eigenvalue weighted by atomic mass is 16.6. The first kappa shape index (κ1) is 18.1. The summed E-state index contributed by atoms with van der Waals surface area (Å²) in [4.78, 5) is 37.0. The maximum absolute atomic E-state index is 12.0. The maximum Gasteiger partial charge on any atom is 0.338 e. The minimum absolute atomic E-state index is 0.306. The summed E-state index contributed by atoms with van der Waals surface area (Å²) in [5.74, 6) is -0.597. The van der Waals surface area contributed by atoms with E-state index in [1.807, 2.05) is 11.9 Å². The Labute approximate surface area is 147 Å². The van der Waals surface area contributed by atoms with E-state index < -0.39 is 41.8 Å². The molecule has 26 heavy (non-hydrogen) atoms. The van der Waals surface area contributed by atoms with Crippen molar-refractivity contribution < 1.29 is 24.5 Å². The topological polar surface area (TPSA) is 131 Å². The lowest BCUT2D eigenvalue weighted by atomic mass is 10.1. The number of aliphatic hydroxyl groups is 2. The molecule has 1 saturated heterocycles. The second-order valence-corrected chi connectivity index (χ2v) is 6.03. The maximum atomic E-state index is 12.0. The van der Waals surface area contributed by atoms with Crippen LogP contribution in [-0.2, 0) is 9.47 Å². The predicted molar refractivity (Wildman–Crippen MR) is 88.7 cm³/mol. The molecule has 0 bridgehead atoms. The number of benzene rings is 1. The lowest BCUT2D eigenvalue weighted by Gasteiger charge is -2.16. The molecule has 0 amide bonds. The quantitative estimate of drug-likeness (QED) is 0.614. The van der Waals surface area contributed by atoms with E-state index in [1.54, 1.807) is 24.3 Å². The predicted octanol–water partition coefficient (Wildman–Crippen LogP) is -0.679. The summed E-state index contributed by atoms with van der Waals surface area (Å²) in [5.41, 5.74) is -0.0423. The van der Waals surface area contributed by atoms with Gasteiger partial charge in [-0.2, -0.15) is 0 Å². The molecular formula is C17H18N2O7. The van der Waals surface area contributed by atoms with Crippen LogP contribution in [0, 0.1) is 6.92 Å². The molecule has 3 rings (SSSR count). The molecule has 9 heteroatoms. The Bertz CT molecular complexity index is 902. The standard InChI is InChI=1S/C17H18N2O7/c1-9-2-4-10(5-3-9)16(23)25-8-11-13(21)14(22)15(26-11)19-7-6-12(20)18-17(19)24/h2-7,11,13-15,21-22H,8H2,1H3,(H,18,20,24)/t11-,13-,14-,15-/m1/s1. The van der Waals surface area contributed by atoms with E-state index in [2.05, 4.69) is 0 Å². The van der Waals surface area contributed by atoms with Crippen LogP contribution in [0.1, 0.15) is 22.1 Å². The van der Waals surface area contributed by atoms with Crippen molar-refractivity contribution in [3.8, 4) is 0 Å². The van der Waals surface area contributed by atoms with Gasteiger partial charge in [-0.05, 0) is 19.1 Å². The molecule has 138 valence electrons. The highest BCUT2D eigenvalue weighted by Gasteiger charge is 2.44. The summed E-state index contributed by atoms with van der Waals surface area (Å²) in [6.07, 6.45) is -3.88. The van der Waals surface area contributed by atoms with Crippen LogP contribution in [0.4, 0.5) is 0 Å². The summed E-state index contributed by atoms with van der Waals surface area (Å²) in [6, 6.07) is 7.84. The fourth-order valence-electron chi connectivity index (χ4n) is 2.66. The van der Waals surface area contributed by atoms with Gasteiger partial charge in [-0.1, -0.05) is 17.7 Å². The number of hydrogen-bond acceptors (Lipinski definition) is 7. The third-order valence-corrected chi connectivity index (χ3v) is 4.13. The average molecular weight is 362 g/mol. The molecule has 9 nitrogen and oxygen atoms in total. The van der Waals surface area contributed by atoms with Gasteiger partial charge in [-0.15, -0.1) is 0 Å². The van der Waals surface area contributed by atoms with Crippen LogP contribution in [0.3, 0.4) is 0 Å². The first-order chi connectivity index (χ1) is 12.4. The van der Waals surface area contributed by atoms with Crippen LogP contribution >= 0.6 is 0 Å². The van der Waals surface area contributed by atoms with E-state index >= 15 is 0 Å². The molecule has 1 aliphatic rings. The third kappa shape index (κ3) is 3.59. The van der Waals surface area contributed by atoms with Gasteiger partial charge in [0.25, 0.3) is 5.56 Å². The second-order valence-electron chi connectivity index (χ2n) is 6.03. The SMILES string of the molecule is Cc1ccc(C(=O)OC[C@H]2O[C@@H](n3ccc(=O)[nH]c3=O)[C@H](O)[C@@H]2O)cc1. The molecule has 1 aliphatic heterocycles. The zero-order valence-corrected chi connectivity index (χ0v) is 13.9. The van der Waals surface area contributed by atoms with E-state index in [-0.39, 0.29) is 6.61 Å². The van der Waals surface area contributed by atoms with E-state index in [4.69, 9.17) is 9.47 Å². The molecule has 0 unspecified atom stereocenters. The molecule has 1 aromatic heterocycles. The van der Waals surface area contributed by atoms with Crippen LogP contribution in [0.5, 0.6) is 0 Å². The van der Waals surface area contributed by atoms with E-state index in [1.165, 1.54) is 0 Å². The number of carbonyl (C=O) groups is 1. The highest BCUT2D eigenvalue weighted by Crippen LogP contribution is 2.28. The van der Waals surface area contributed by atoms with Crippen molar-refractivity contribution >= 4 is 5.97 Å². The molecule has 3 N–H and O–H groups in total. The van der Waals surface area contributed by atoms with Crippen molar-refractivity contribution in [2.24, 2.45) is 0 Å². The van der Waals surface area contributed by atoms with E-state index in [0.29, 0.717) is 5.56 Å². The Morgan fingerprint density at radius 2 is 1.88 bits per heavy atom. The molecule has 0 aliphatic carbocycles. The number of nitrogens with one attached hydrogen (secondary N) is 1. The van der Waals surface area contributed by atoms with Gasteiger partial charge in [0.15, 0.2) is 6.23 Å². The van der Waals surface area contributed by atoms with Gasteiger partial charge in [0.2, 0.25) is 0 Å².